The summed E-state index contributed by atoms with van der Waals surface area (Å²) < 4.78 is 5.78. The van der Waals surface area contributed by atoms with Gasteiger partial charge in [-0.1, -0.05) is 0 Å². The van der Waals surface area contributed by atoms with Crippen molar-refractivity contribution in [2.24, 2.45) is 0 Å². The first-order valence-electron chi connectivity index (χ1n) is 4.22. The maximum atomic E-state index is 11.4. The molecule has 0 saturated carbocycles. The molecule has 6 nitrogen and oxygen atoms in total. The van der Waals surface area contributed by atoms with Crippen LogP contribution in [-0.2, 0) is 22.8 Å². The van der Waals surface area contributed by atoms with Gasteiger partial charge in [-0.05, 0) is 0 Å². The molecule has 0 aliphatic heterocycles. The minimum absolute atomic E-state index is 1.51. The molecule has 128 valence electrons. The van der Waals surface area contributed by atoms with Crippen LogP contribution in [-0.4, -0.2) is 52.4 Å². The fraction of sp³-hybridized carbons (Fsp3) is 0.500. The predicted octanol–water partition coefficient (Wildman–Crippen LogP) is 3.71. The Labute approximate surface area is 177 Å². The van der Waals surface area contributed by atoms with Crippen LogP contribution in [0.2, 0.25) is 0 Å². The van der Waals surface area contributed by atoms with Gasteiger partial charge in [-0.15, -0.1) is 0 Å². The van der Waals surface area contributed by atoms with Crippen molar-refractivity contribution in [1.29, 1.82) is 0 Å². The van der Waals surface area contributed by atoms with Gasteiger partial charge >= 0.3 is 180 Å². The molecule has 0 rings (SSSR count). The summed E-state index contributed by atoms with van der Waals surface area (Å²) in [7, 11) is 0. The van der Waals surface area contributed by atoms with Crippen molar-refractivity contribution < 1.29 is 22.8 Å². The van der Waals surface area contributed by atoms with E-state index in [0.717, 1.165) is 0 Å². The third-order valence-electron chi connectivity index (χ3n) is 1.17. The molecule has 0 N–H and O–H groups in total. The summed E-state index contributed by atoms with van der Waals surface area (Å²) in [5.41, 5.74) is 0. The number of hydrogen-bond donors (Lipinski definition) is 0. The zero-order valence-corrected chi connectivity index (χ0v) is 19.6. The van der Waals surface area contributed by atoms with E-state index in [4.69, 9.17) is 104 Å². The Bertz CT molecular complexity index is 384. The van der Waals surface area contributed by atoms with Gasteiger partial charge < -0.3 is 0 Å². The number of rotatable bonds is 3. The molecular formula is C6BiCl9O6. The molecule has 0 saturated heterocycles. The van der Waals surface area contributed by atoms with E-state index in [9.17, 15) is 14.4 Å². The van der Waals surface area contributed by atoms with Gasteiger partial charge in [0, 0.05) is 0 Å². The second kappa shape index (κ2) is 9.02. The van der Waals surface area contributed by atoms with Gasteiger partial charge in [0.25, 0.3) is 0 Å². The molecule has 0 aliphatic carbocycles. The van der Waals surface area contributed by atoms with Gasteiger partial charge in [0.1, 0.15) is 0 Å². The summed E-state index contributed by atoms with van der Waals surface area (Å²) in [5, 5.41) is 0. The molecule has 0 heterocycles. The van der Waals surface area contributed by atoms with E-state index in [0.29, 0.717) is 0 Å². The Kier molecular flexibility index (Phi) is 9.80. The average molecular weight is 696 g/mol. The molecule has 0 bridgehead atoms. The Morgan fingerprint density at radius 2 is 0.727 bits per heavy atom. The first-order chi connectivity index (χ1) is 9.55. The van der Waals surface area contributed by atoms with Gasteiger partial charge in [-0.3, -0.25) is 0 Å². The number of halogens is 9. The van der Waals surface area contributed by atoms with Gasteiger partial charge in [-0.25, -0.2) is 0 Å². The summed E-state index contributed by atoms with van der Waals surface area (Å²) in [5.74, 6) is -4.53. The van der Waals surface area contributed by atoms with E-state index in [1.165, 1.54) is 0 Å². The van der Waals surface area contributed by atoms with Crippen LogP contribution < -0.4 is 0 Å². The van der Waals surface area contributed by atoms with Crippen LogP contribution in [0.3, 0.4) is 0 Å². The average Bonchev–Trinajstić information content (AvgIpc) is 2.24. The van der Waals surface area contributed by atoms with Crippen LogP contribution in [0.5, 0.6) is 0 Å². The Hall–Kier alpha value is 1.90. The van der Waals surface area contributed by atoms with Gasteiger partial charge in [0.15, 0.2) is 0 Å². The molecule has 16 heteroatoms. The first-order valence-corrected chi connectivity index (χ1v) is 11.9. The van der Waals surface area contributed by atoms with E-state index < -0.39 is 52.4 Å². The van der Waals surface area contributed by atoms with Crippen LogP contribution in [0.15, 0.2) is 0 Å². The van der Waals surface area contributed by atoms with Crippen molar-refractivity contribution in [2.75, 3.05) is 0 Å². The zero-order chi connectivity index (χ0) is 17.9. The molecule has 0 fully saturated rings. The molecule has 0 aliphatic rings. The van der Waals surface area contributed by atoms with Gasteiger partial charge in [0.05, 0.1) is 0 Å². The van der Waals surface area contributed by atoms with E-state index in [1.807, 2.05) is 0 Å². The third-order valence-corrected chi connectivity index (χ3v) is 6.23. The zero-order valence-electron chi connectivity index (χ0n) is 9.30. The molecule has 0 radical (unpaired) electrons. The fourth-order valence-electron chi connectivity index (χ4n) is 0.414. The number of alkyl halides is 9. The van der Waals surface area contributed by atoms with E-state index in [-0.39, 0.29) is 0 Å². The van der Waals surface area contributed by atoms with Gasteiger partial charge in [0.2, 0.25) is 0 Å². The second-order valence-corrected chi connectivity index (χ2v) is 13.6. The summed E-state index contributed by atoms with van der Waals surface area (Å²) in [6, 6.07) is 0. The molecule has 0 aromatic rings. The first kappa shape index (κ1) is 23.9. The van der Waals surface area contributed by atoms with Crippen molar-refractivity contribution in [1.82, 2.24) is 0 Å². The molecular weight excluding hydrogens is 696 g/mol. The predicted molar refractivity (Wildman–Crippen MR) is 84.9 cm³/mol. The Morgan fingerprint density at radius 3 is 0.864 bits per heavy atom. The Morgan fingerprint density at radius 1 is 0.545 bits per heavy atom. The molecule has 22 heavy (non-hydrogen) atoms. The quantitative estimate of drug-likeness (QED) is 0.331. The molecule has 0 spiro atoms. The summed E-state index contributed by atoms with van der Waals surface area (Å²) in [6.07, 6.45) is 0. The van der Waals surface area contributed by atoms with Gasteiger partial charge in [-0.2, -0.15) is 0 Å². The van der Waals surface area contributed by atoms with Crippen LogP contribution in [0.4, 0.5) is 0 Å². The maximum absolute atomic E-state index is 11.4. The molecule has 0 aromatic heterocycles. The fourth-order valence-corrected chi connectivity index (χ4v) is 6.36. The van der Waals surface area contributed by atoms with Crippen molar-refractivity contribution >= 4 is 145 Å². The van der Waals surface area contributed by atoms with Crippen LogP contribution in [0.1, 0.15) is 0 Å². The van der Waals surface area contributed by atoms with E-state index in [1.54, 1.807) is 0 Å². The topological polar surface area (TPSA) is 78.9 Å². The molecule has 0 amide bonds. The minimum atomic E-state index is -4.75. The summed E-state index contributed by atoms with van der Waals surface area (Å²) in [4.78, 5) is 34.2. The SMILES string of the molecule is O=C([O][Bi]([O]C(=O)C(Cl)(Cl)Cl)[O]C(=O)C(Cl)(Cl)Cl)C(Cl)(Cl)Cl. The van der Waals surface area contributed by atoms with Crippen molar-refractivity contribution in [3.05, 3.63) is 0 Å². The van der Waals surface area contributed by atoms with Crippen molar-refractivity contribution in [2.45, 2.75) is 11.4 Å². The van der Waals surface area contributed by atoms with Crippen LogP contribution in [0.25, 0.3) is 0 Å². The molecule has 0 unspecified atom stereocenters. The monoisotopic (exact) mass is 692 g/mol. The van der Waals surface area contributed by atoms with Crippen molar-refractivity contribution in [3.8, 4) is 0 Å². The number of hydrogen-bond acceptors (Lipinski definition) is 6. The van der Waals surface area contributed by atoms with E-state index >= 15 is 0 Å². The van der Waals surface area contributed by atoms with E-state index in [2.05, 4.69) is 8.44 Å². The second-order valence-electron chi connectivity index (χ2n) is 2.85. The Balaban J connectivity index is 5.12. The summed E-state index contributed by atoms with van der Waals surface area (Å²) >= 11 is 42.3. The van der Waals surface area contributed by atoms with Crippen LogP contribution >= 0.6 is 104 Å². The molecule has 0 atom stereocenters. The summed E-state index contributed by atoms with van der Waals surface area (Å²) in [6.45, 7) is 0. The van der Waals surface area contributed by atoms with Crippen molar-refractivity contribution in [3.63, 3.8) is 0 Å². The molecule has 0 aromatic carbocycles. The van der Waals surface area contributed by atoms with Crippen LogP contribution in [0, 0.1) is 0 Å². The standard InChI is InChI=1S/3C2HCl3O2.Bi/c3*3-2(4,5)1(6)7;/h3*(H,6,7);/q;;;+3/p-3. The normalized spacial score (nSPS) is 12.8. The number of carbonyl (C=O) groups excluding carboxylic acids is 3. The third kappa shape index (κ3) is 9.40. The number of carbonyl (C=O) groups is 3.